The smallest absolute Gasteiger partial charge is 0.240 e. The maximum Gasteiger partial charge on any atom is 0.240 e. The number of isocyanates is 1. The first-order chi connectivity index (χ1) is 6.86. The van der Waals surface area contributed by atoms with Crippen LogP contribution in [0.25, 0.3) is 0 Å². The number of rotatable bonds is 2. The van der Waals surface area contributed by atoms with E-state index >= 15 is 0 Å². The molecule has 0 spiro atoms. The van der Waals surface area contributed by atoms with Crippen molar-refractivity contribution in [1.29, 1.82) is 0 Å². The van der Waals surface area contributed by atoms with Crippen LogP contribution < -0.4 is 0 Å². The quantitative estimate of drug-likeness (QED) is 0.304. The highest BCUT2D eigenvalue weighted by molar-refractivity contribution is 5.55. The van der Waals surface area contributed by atoms with Crippen LogP contribution in [-0.4, -0.2) is 12.4 Å². The minimum Gasteiger partial charge on any atom is -0.302 e. The molecule has 14 heavy (non-hydrogen) atoms. The number of aliphatic imine (C=N–C) groups is 1. The number of hydrogen-bond acceptors (Lipinski definition) is 3. The Morgan fingerprint density at radius 3 is 2.57 bits per heavy atom. The van der Waals surface area contributed by atoms with Gasteiger partial charge >= 0.3 is 0 Å². The maximum atomic E-state index is 9.97. The normalized spacial score (nSPS) is 8.00. The Morgan fingerprint density at radius 1 is 1.29 bits per heavy atom. The Morgan fingerprint density at radius 2 is 2.00 bits per heavy atom. The molecule has 0 aliphatic rings. The highest BCUT2D eigenvalue weighted by Gasteiger charge is 1.88. The summed E-state index contributed by atoms with van der Waals surface area (Å²) in [6, 6.07) is 6.79. The van der Waals surface area contributed by atoms with Gasteiger partial charge in [-0.3, -0.25) is 0 Å². The largest absolute Gasteiger partial charge is 0.302 e. The third-order valence-corrected chi connectivity index (χ3v) is 1.46. The molecule has 1 rings (SSSR count). The van der Waals surface area contributed by atoms with E-state index in [0.29, 0.717) is 5.69 Å². The third kappa shape index (κ3) is 3.06. The molecule has 0 fully saturated rings. The van der Waals surface area contributed by atoms with Gasteiger partial charge in [-0.1, -0.05) is 11.8 Å². The van der Waals surface area contributed by atoms with Gasteiger partial charge in [-0.05, 0) is 24.3 Å². The van der Waals surface area contributed by atoms with Gasteiger partial charge in [-0.2, -0.15) is 4.99 Å². The van der Waals surface area contributed by atoms with Gasteiger partial charge in [-0.15, -0.1) is 0 Å². The second-order valence-electron chi connectivity index (χ2n) is 2.42. The first kappa shape index (κ1) is 9.91. The monoisotopic (exact) mass is 185 g/mol. The number of benzene rings is 1. The molecule has 3 nitrogen and oxygen atoms in total. The van der Waals surface area contributed by atoms with Crippen molar-refractivity contribution in [3.05, 3.63) is 29.8 Å². The number of carbonyl (C=O) groups is 1. The van der Waals surface area contributed by atoms with E-state index in [1.54, 1.807) is 24.3 Å². The van der Waals surface area contributed by atoms with E-state index in [-0.39, 0.29) is 6.42 Å². The highest BCUT2D eigenvalue weighted by Crippen LogP contribution is 2.10. The van der Waals surface area contributed by atoms with E-state index in [4.69, 9.17) is 0 Å². The molecular formula is C11H7NO2. The molecule has 0 saturated heterocycles. The average Bonchev–Trinajstić information content (AvgIpc) is 2.21. The Bertz CT molecular complexity index is 417. The average molecular weight is 185 g/mol. The molecule has 3 heteroatoms. The van der Waals surface area contributed by atoms with Crippen LogP contribution in [-0.2, 0) is 9.59 Å². The van der Waals surface area contributed by atoms with Crippen molar-refractivity contribution in [2.45, 2.75) is 6.42 Å². The number of aldehydes is 1. The first-order valence-electron chi connectivity index (χ1n) is 3.97. The van der Waals surface area contributed by atoms with Crippen LogP contribution in [0.5, 0.6) is 0 Å². The van der Waals surface area contributed by atoms with Crippen LogP contribution in [0.3, 0.4) is 0 Å². The minimum absolute atomic E-state index is 0.230. The van der Waals surface area contributed by atoms with Crippen LogP contribution in [0.2, 0.25) is 0 Å². The molecule has 68 valence electrons. The predicted octanol–water partition coefficient (Wildman–Crippen LogP) is 1.59. The summed E-state index contributed by atoms with van der Waals surface area (Å²) in [6.45, 7) is 0. The summed E-state index contributed by atoms with van der Waals surface area (Å²) in [5.74, 6) is 5.47. The highest BCUT2D eigenvalue weighted by atomic mass is 16.1. The molecule has 0 aliphatic heterocycles. The standard InChI is InChI=1S/C11H7NO2/c13-8-2-1-3-10-4-6-11(7-5-10)12-9-14/h4-8H,2H2. The van der Waals surface area contributed by atoms with Crippen LogP contribution in [0, 0.1) is 11.8 Å². The number of hydrogen-bond donors (Lipinski definition) is 0. The molecule has 0 heterocycles. The van der Waals surface area contributed by atoms with Crippen molar-refractivity contribution in [3.8, 4) is 11.8 Å². The van der Waals surface area contributed by atoms with Gasteiger partial charge < -0.3 is 4.79 Å². The fourth-order valence-electron chi connectivity index (χ4n) is 0.867. The number of nitrogens with zero attached hydrogens (tertiary/aromatic N) is 1. The fraction of sp³-hybridized carbons (Fsp3) is 0.0909. The third-order valence-electron chi connectivity index (χ3n) is 1.46. The van der Waals surface area contributed by atoms with Crippen LogP contribution in [0.15, 0.2) is 29.3 Å². The van der Waals surface area contributed by atoms with Crippen molar-refractivity contribution in [1.82, 2.24) is 0 Å². The summed E-state index contributed by atoms with van der Waals surface area (Å²) in [7, 11) is 0. The van der Waals surface area contributed by atoms with Gasteiger partial charge in [-0.25, -0.2) is 4.79 Å². The molecule has 0 amide bonds. The summed E-state index contributed by atoms with van der Waals surface area (Å²) in [5.41, 5.74) is 1.33. The van der Waals surface area contributed by atoms with Gasteiger partial charge in [0.1, 0.15) is 6.29 Å². The molecule has 0 atom stereocenters. The summed E-state index contributed by atoms with van der Waals surface area (Å²) in [5, 5.41) is 0. The maximum absolute atomic E-state index is 9.97. The molecule has 0 bridgehead atoms. The van der Waals surface area contributed by atoms with Gasteiger partial charge in [0.2, 0.25) is 6.08 Å². The molecule has 0 N–H and O–H groups in total. The first-order valence-corrected chi connectivity index (χ1v) is 3.97. The van der Waals surface area contributed by atoms with Gasteiger partial charge in [0.15, 0.2) is 0 Å². The molecule has 1 aromatic rings. The zero-order chi connectivity index (χ0) is 10.2. The second-order valence-corrected chi connectivity index (χ2v) is 2.42. The van der Waals surface area contributed by atoms with Gasteiger partial charge in [0.05, 0.1) is 12.1 Å². The molecular weight excluding hydrogens is 178 g/mol. The minimum atomic E-state index is 0.230. The molecule has 0 aromatic heterocycles. The van der Waals surface area contributed by atoms with Gasteiger partial charge in [0, 0.05) is 5.56 Å². The molecule has 1 aromatic carbocycles. The van der Waals surface area contributed by atoms with Crippen LogP contribution >= 0.6 is 0 Å². The van der Waals surface area contributed by atoms with E-state index in [0.717, 1.165) is 11.8 Å². The number of carbonyl (C=O) groups excluding carboxylic acids is 2. The summed E-state index contributed by atoms with van der Waals surface area (Å²) < 4.78 is 0. The van der Waals surface area contributed by atoms with Crippen LogP contribution in [0.4, 0.5) is 5.69 Å². The van der Waals surface area contributed by atoms with Crippen LogP contribution in [0.1, 0.15) is 12.0 Å². The lowest BCUT2D eigenvalue weighted by Crippen LogP contribution is -1.73. The Balaban J connectivity index is 2.79. The van der Waals surface area contributed by atoms with Crippen molar-refractivity contribution in [2.24, 2.45) is 4.99 Å². The Labute approximate surface area is 81.5 Å². The lowest BCUT2D eigenvalue weighted by molar-refractivity contribution is -0.107. The molecule has 0 aliphatic carbocycles. The molecule has 0 radical (unpaired) electrons. The topological polar surface area (TPSA) is 46.5 Å². The van der Waals surface area contributed by atoms with E-state index in [9.17, 15) is 9.59 Å². The zero-order valence-corrected chi connectivity index (χ0v) is 7.36. The lowest BCUT2D eigenvalue weighted by Gasteiger charge is -1.90. The molecule has 0 saturated carbocycles. The predicted molar refractivity (Wildman–Crippen MR) is 51.8 cm³/mol. The molecule has 0 unspecified atom stereocenters. The lowest BCUT2D eigenvalue weighted by atomic mass is 10.2. The summed E-state index contributed by atoms with van der Waals surface area (Å²) >= 11 is 0. The van der Waals surface area contributed by atoms with Crippen molar-refractivity contribution < 1.29 is 9.59 Å². The summed E-state index contributed by atoms with van der Waals surface area (Å²) in [6.07, 6.45) is 2.43. The van der Waals surface area contributed by atoms with Crippen molar-refractivity contribution in [3.63, 3.8) is 0 Å². The van der Waals surface area contributed by atoms with Crippen molar-refractivity contribution in [2.75, 3.05) is 0 Å². The van der Waals surface area contributed by atoms with E-state index in [1.165, 1.54) is 6.08 Å². The van der Waals surface area contributed by atoms with E-state index in [2.05, 4.69) is 16.8 Å². The van der Waals surface area contributed by atoms with Crippen molar-refractivity contribution >= 4 is 18.1 Å². The SMILES string of the molecule is O=C=Nc1ccc(C#CCC=O)cc1. The Hall–Kier alpha value is -2.17. The van der Waals surface area contributed by atoms with E-state index < -0.39 is 0 Å². The summed E-state index contributed by atoms with van der Waals surface area (Å²) in [4.78, 5) is 23.3. The van der Waals surface area contributed by atoms with Gasteiger partial charge in [0.25, 0.3) is 0 Å². The zero-order valence-electron chi connectivity index (χ0n) is 7.36. The fourth-order valence-corrected chi connectivity index (χ4v) is 0.867. The second kappa shape index (κ2) is 5.47. The Kier molecular flexibility index (Phi) is 3.87. The van der Waals surface area contributed by atoms with E-state index in [1.807, 2.05) is 0 Å².